The number of carbonyl (C=O) groups excluding carboxylic acids is 2. The summed E-state index contributed by atoms with van der Waals surface area (Å²) in [6, 6.07) is 26.8. The minimum Gasteiger partial charge on any atom is -0.488 e. The van der Waals surface area contributed by atoms with Gasteiger partial charge < -0.3 is 4.74 Å². The van der Waals surface area contributed by atoms with E-state index in [2.05, 4.69) is 46.3 Å². The molecule has 1 aliphatic rings. The van der Waals surface area contributed by atoms with Gasteiger partial charge in [-0.1, -0.05) is 66.2 Å². The highest BCUT2D eigenvalue weighted by molar-refractivity contribution is 9.10. The summed E-state index contributed by atoms with van der Waals surface area (Å²) in [5, 5.41) is 2.33. The third-order valence-corrected chi connectivity index (χ3v) is 7.16. The SMILES string of the molecule is O=C1S/C(=C\c2ccc(OCc3ccc4ccccc4c3)c(Br)c2)C(=O)N1c1ccccc1Cl. The van der Waals surface area contributed by atoms with Crippen LogP contribution in [-0.2, 0) is 11.4 Å². The number of hydrogen-bond acceptors (Lipinski definition) is 4. The van der Waals surface area contributed by atoms with Gasteiger partial charge in [-0.3, -0.25) is 9.59 Å². The van der Waals surface area contributed by atoms with E-state index in [0.717, 1.165) is 32.3 Å². The lowest BCUT2D eigenvalue weighted by Gasteiger charge is -2.13. The van der Waals surface area contributed by atoms with Crippen molar-refractivity contribution >= 4 is 73.0 Å². The van der Waals surface area contributed by atoms with Gasteiger partial charge in [0.2, 0.25) is 0 Å². The van der Waals surface area contributed by atoms with Gasteiger partial charge in [-0.05, 0) is 86.0 Å². The van der Waals surface area contributed by atoms with Crippen LogP contribution in [0.25, 0.3) is 16.8 Å². The number of amides is 2. The van der Waals surface area contributed by atoms with Crippen LogP contribution in [0.4, 0.5) is 10.5 Å². The smallest absolute Gasteiger partial charge is 0.298 e. The first kappa shape index (κ1) is 22.7. The summed E-state index contributed by atoms with van der Waals surface area (Å²) in [5.74, 6) is 0.297. The number of hydrogen-bond donors (Lipinski definition) is 0. The van der Waals surface area contributed by atoms with Crippen molar-refractivity contribution in [2.24, 2.45) is 0 Å². The molecule has 0 radical (unpaired) electrons. The zero-order chi connectivity index (χ0) is 23.7. The Labute approximate surface area is 214 Å². The normalized spacial score (nSPS) is 14.9. The largest absolute Gasteiger partial charge is 0.488 e. The Bertz CT molecular complexity index is 1470. The lowest BCUT2D eigenvalue weighted by molar-refractivity contribution is -0.113. The van der Waals surface area contributed by atoms with Crippen molar-refractivity contribution in [3.63, 3.8) is 0 Å². The van der Waals surface area contributed by atoms with E-state index in [1.54, 1.807) is 30.3 Å². The molecule has 1 saturated heterocycles. The molecule has 0 aliphatic carbocycles. The molecule has 4 aromatic rings. The van der Waals surface area contributed by atoms with E-state index < -0.39 is 5.91 Å². The van der Waals surface area contributed by atoms with Crippen LogP contribution >= 0.6 is 39.3 Å². The first-order valence-corrected chi connectivity index (χ1v) is 12.4. The minimum atomic E-state index is -0.393. The van der Waals surface area contributed by atoms with Crippen LogP contribution in [0.1, 0.15) is 11.1 Å². The second-order valence-corrected chi connectivity index (χ2v) is 9.88. The van der Waals surface area contributed by atoms with E-state index in [0.29, 0.717) is 28.0 Å². The Morgan fingerprint density at radius 1 is 0.912 bits per heavy atom. The van der Waals surface area contributed by atoms with Crippen LogP contribution in [0, 0.1) is 0 Å². The Kier molecular flexibility index (Phi) is 6.46. The van der Waals surface area contributed by atoms with Crippen LogP contribution in [0.5, 0.6) is 5.75 Å². The van der Waals surface area contributed by atoms with Crippen molar-refractivity contribution in [2.45, 2.75) is 6.61 Å². The Balaban J connectivity index is 1.32. The maximum absolute atomic E-state index is 12.9. The number of thioether (sulfide) groups is 1. The highest BCUT2D eigenvalue weighted by atomic mass is 79.9. The number of para-hydroxylation sites is 1. The number of rotatable bonds is 5. The van der Waals surface area contributed by atoms with Crippen molar-refractivity contribution in [1.29, 1.82) is 0 Å². The molecule has 5 rings (SSSR count). The third kappa shape index (κ3) is 4.62. The molecule has 0 atom stereocenters. The zero-order valence-corrected chi connectivity index (χ0v) is 20.9. The number of halogens is 2. The molecular weight excluding hydrogens is 534 g/mol. The first-order valence-electron chi connectivity index (χ1n) is 10.4. The zero-order valence-electron chi connectivity index (χ0n) is 17.7. The first-order chi connectivity index (χ1) is 16.5. The molecule has 34 heavy (non-hydrogen) atoms. The average Bonchev–Trinajstić information content (AvgIpc) is 3.11. The van der Waals surface area contributed by atoms with Gasteiger partial charge in [-0.2, -0.15) is 0 Å². The molecule has 0 bridgehead atoms. The van der Waals surface area contributed by atoms with E-state index in [9.17, 15) is 9.59 Å². The summed E-state index contributed by atoms with van der Waals surface area (Å²) in [6.07, 6.45) is 1.69. The van der Waals surface area contributed by atoms with Gasteiger partial charge >= 0.3 is 0 Å². The number of fused-ring (bicyclic) bond motifs is 1. The maximum Gasteiger partial charge on any atom is 0.298 e. The lowest BCUT2D eigenvalue weighted by Crippen LogP contribution is -2.27. The monoisotopic (exact) mass is 549 g/mol. The number of anilines is 1. The van der Waals surface area contributed by atoms with Crippen LogP contribution in [0.15, 0.2) is 94.3 Å². The topological polar surface area (TPSA) is 46.6 Å². The number of nitrogens with zero attached hydrogens (tertiary/aromatic N) is 1. The molecule has 1 fully saturated rings. The predicted molar refractivity (Wildman–Crippen MR) is 142 cm³/mol. The standard InChI is InChI=1S/C27H17BrClNO3S/c28-21-14-17(15-25-26(31)30(27(32)34-25)23-8-4-3-7-22(23)29)10-12-24(21)33-16-18-9-11-19-5-1-2-6-20(19)13-18/h1-15H,16H2/b25-15-. The fraction of sp³-hybridized carbons (Fsp3) is 0.0370. The number of carbonyl (C=O) groups is 2. The van der Waals surface area contributed by atoms with E-state index in [4.69, 9.17) is 16.3 Å². The third-order valence-electron chi connectivity index (χ3n) is 5.35. The van der Waals surface area contributed by atoms with Gasteiger partial charge in [0.25, 0.3) is 11.1 Å². The van der Waals surface area contributed by atoms with Gasteiger partial charge in [0.05, 0.1) is 20.1 Å². The van der Waals surface area contributed by atoms with Crippen molar-refractivity contribution in [2.75, 3.05) is 4.90 Å². The second-order valence-electron chi connectivity index (χ2n) is 7.63. The van der Waals surface area contributed by atoms with Crippen molar-refractivity contribution in [3.8, 4) is 5.75 Å². The van der Waals surface area contributed by atoms with E-state index >= 15 is 0 Å². The van der Waals surface area contributed by atoms with Crippen molar-refractivity contribution in [3.05, 3.63) is 110 Å². The van der Waals surface area contributed by atoms with Crippen LogP contribution in [0.3, 0.4) is 0 Å². The van der Waals surface area contributed by atoms with Crippen LogP contribution in [0.2, 0.25) is 5.02 Å². The second kappa shape index (κ2) is 9.66. The van der Waals surface area contributed by atoms with Gasteiger partial charge in [-0.15, -0.1) is 0 Å². The van der Waals surface area contributed by atoms with E-state index in [1.807, 2.05) is 30.3 Å². The predicted octanol–water partition coefficient (Wildman–Crippen LogP) is 8.08. The molecule has 4 nitrogen and oxygen atoms in total. The fourth-order valence-corrected chi connectivity index (χ4v) is 5.24. The molecule has 7 heteroatoms. The highest BCUT2D eigenvalue weighted by Gasteiger charge is 2.37. The molecule has 1 heterocycles. The van der Waals surface area contributed by atoms with Gasteiger partial charge in [0.1, 0.15) is 12.4 Å². The van der Waals surface area contributed by atoms with Gasteiger partial charge in [-0.25, -0.2) is 4.90 Å². The fourth-order valence-electron chi connectivity index (χ4n) is 3.67. The molecule has 1 aliphatic heterocycles. The molecule has 168 valence electrons. The minimum absolute atomic E-state index is 0.335. The molecule has 0 saturated carbocycles. The Morgan fingerprint density at radius 2 is 1.68 bits per heavy atom. The maximum atomic E-state index is 12.9. The summed E-state index contributed by atoms with van der Waals surface area (Å²) < 4.78 is 6.76. The highest BCUT2D eigenvalue weighted by Crippen LogP contribution is 2.39. The molecule has 0 unspecified atom stereocenters. The summed E-state index contributed by atoms with van der Waals surface area (Å²) in [7, 11) is 0. The number of ether oxygens (including phenoxy) is 1. The molecule has 4 aromatic carbocycles. The summed E-state index contributed by atoms with van der Waals surface area (Å²) in [5.41, 5.74) is 2.23. The molecule has 0 spiro atoms. The van der Waals surface area contributed by atoms with Gasteiger partial charge in [0.15, 0.2) is 0 Å². The Morgan fingerprint density at radius 3 is 2.47 bits per heavy atom. The average molecular weight is 551 g/mol. The summed E-state index contributed by atoms with van der Waals surface area (Å²) >= 11 is 10.6. The molecule has 0 N–H and O–H groups in total. The van der Waals surface area contributed by atoms with Crippen LogP contribution < -0.4 is 9.64 Å². The van der Waals surface area contributed by atoms with E-state index in [1.165, 1.54) is 10.8 Å². The summed E-state index contributed by atoms with van der Waals surface area (Å²) in [6.45, 7) is 0.430. The van der Waals surface area contributed by atoms with E-state index in [-0.39, 0.29) is 5.24 Å². The van der Waals surface area contributed by atoms with Crippen molar-refractivity contribution in [1.82, 2.24) is 0 Å². The number of imide groups is 1. The molecule has 0 aromatic heterocycles. The Hall–Kier alpha value is -3.06. The summed E-state index contributed by atoms with van der Waals surface area (Å²) in [4.78, 5) is 26.8. The quantitative estimate of drug-likeness (QED) is 0.236. The molecular formula is C27H17BrClNO3S. The van der Waals surface area contributed by atoms with Gasteiger partial charge in [0, 0.05) is 0 Å². The van der Waals surface area contributed by atoms with Crippen LogP contribution in [-0.4, -0.2) is 11.1 Å². The number of benzene rings is 4. The lowest BCUT2D eigenvalue weighted by atomic mass is 10.1. The molecule has 2 amide bonds. The van der Waals surface area contributed by atoms with Crippen molar-refractivity contribution < 1.29 is 14.3 Å².